The molecule has 1 aromatic heterocycles. The number of para-hydroxylation sites is 1. The number of hydrogen-bond donors (Lipinski definition) is 2. The minimum atomic E-state index is -0.475. The molecule has 2 aromatic carbocycles. The minimum absolute atomic E-state index is 0.113. The zero-order valence-electron chi connectivity index (χ0n) is 13.5. The average molecular weight is 336 g/mol. The van der Waals surface area contributed by atoms with Gasteiger partial charge in [0.2, 0.25) is 6.79 Å². The topological polar surface area (TPSA) is 89.1 Å². The molecule has 0 unspecified atom stereocenters. The fourth-order valence-corrected chi connectivity index (χ4v) is 2.75. The summed E-state index contributed by atoms with van der Waals surface area (Å²) in [6.45, 7) is 1.93. The Bertz CT molecular complexity index is 908. The maximum Gasteiger partial charge on any atom is 0.256 e. The van der Waals surface area contributed by atoms with Crippen LogP contribution in [0.4, 0.5) is 0 Å². The lowest BCUT2D eigenvalue weighted by molar-refractivity contribution is 0.0937. The number of fused-ring (bicyclic) bond motifs is 1. The lowest BCUT2D eigenvalue weighted by Crippen LogP contribution is -2.30. The molecule has 7 nitrogen and oxygen atoms in total. The van der Waals surface area contributed by atoms with E-state index >= 15 is 0 Å². The van der Waals surface area contributed by atoms with Gasteiger partial charge in [-0.3, -0.25) is 9.89 Å². The first-order chi connectivity index (χ1) is 12.2. The molecule has 1 aliphatic rings. The Hall–Kier alpha value is -3.35. The van der Waals surface area contributed by atoms with Crippen LogP contribution in [-0.2, 0) is 0 Å². The van der Waals surface area contributed by atoms with Gasteiger partial charge in [-0.2, -0.15) is 5.10 Å². The second kappa shape index (κ2) is 6.27. The molecule has 0 saturated carbocycles. The maximum atomic E-state index is 12.9. The van der Waals surface area contributed by atoms with E-state index in [9.17, 15) is 4.79 Å². The summed E-state index contributed by atoms with van der Waals surface area (Å²) in [7, 11) is 0. The number of aromatic amines is 1. The van der Waals surface area contributed by atoms with E-state index in [2.05, 4.69) is 20.5 Å². The van der Waals surface area contributed by atoms with Gasteiger partial charge in [-0.25, -0.2) is 4.98 Å². The number of aryl methyl sites for hydroxylation is 1. The van der Waals surface area contributed by atoms with Crippen LogP contribution in [0.1, 0.15) is 33.6 Å². The van der Waals surface area contributed by atoms with Crippen LogP contribution < -0.4 is 14.8 Å². The van der Waals surface area contributed by atoms with Gasteiger partial charge in [0.05, 0.1) is 5.56 Å². The van der Waals surface area contributed by atoms with Crippen LogP contribution in [0, 0.1) is 6.92 Å². The predicted molar refractivity (Wildman–Crippen MR) is 89.4 cm³/mol. The first-order valence-electron chi connectivity index (χ1n) is 7.85. The molecule has 4 rings (SSSR count). The molecular formula is C18H16N4O3. The maximum absolute atomic E-state index is 12.9. The van der Waals surface area contributed by atoms with E-state index in [1.54, 1.807) is 18.2 Å². The Morgan fingerprint density at radius 3 is 2.76 bits per heavy atom. The number of benzene rings is 2. The Balaban J connectivity index is 1.67. The van der Waals surface area contributed by atoms with Crippen molar-refractivity contribution in [3.8, 4) is 11.5 Å². The second-order valence-corrected chi connectivity index (χ2v) is 5.64. The number of nitrogens with zero attached hydrogens (tertiary/aromatic N) is 2. The van der Waals surface area contributed by atoms with Crippen LogP contribution in [0.15, 0.2) is 48.5 Å². The molecule has 0 saturated heterocycles. The number of nitrogens with one attached hydrogen (secondary N) is 2. The monoisotopic (exact) mass is 336 g/mol. The van der Waals surface area contributed by atoms with Gasteiger partial charge >= 0.3 is 0 Å². The third-order valence-electron chi connectivity index (χ3n) is 3.92. The fraction of sp³-hybridized carbons (Fsp3) is 0.167. The molecule has 25 heavy (non-hydrogen) atoms. The number of hydrogen-bond acceptors (Lipinski definition) is 5. The zero-order chi connectivity index (χ0) is 17.2. The molecule has 2 N–H and O–H groups in total. The molecule has 1 amide bonds. The van der Waals surface area contributed by atoms with Crippen LogP contribution >= 0.6 is 0 Å². The molecule has 1 atom stereocenters. The molecule has 126 valence electrons. The number of aromatic nitrogens is 3. The molecule has 0 fully saturated rings. The van der Waals surface area contributed by atoms with Crippen molar-refractivity contribution < 1.29 is 14.3 Å². The normalized spacial score (nSPS) is 13.5. The molecule has 1 aliphatic heterocycles. The third kappa shape index (κ3) is 2.91. The second-order valence-electron chi connectivity index (χ2n) is 5.64. The highest BCUT2D eigenvalue weighted by molar-refractivity contribution is 5.98. The number of carbonyl (C=O) groups is 1. The molecule has 0 spiro atoms. The minimum Gasteiger partial charge on any atom is -0.454 e. The van der Waals surface area contributed by atoms with Crippen molar-refractivity contribution in [2.24, 2.45) is 0 Å². The van der Waals surface area contributed by atoms with Gasteiger partial charge in [-0.15, -0.1) is 0 Å². The molecule has 0 radical (unpaired) electrons. The fourth-order valence-electron chi connectivity index (χ4n) is 2.75. The highest BCUT2D eigenvalue weighted by Crippen LogP contribution is 2.35. The average Bonchev–Trinajstić information content (AvgIpc) is 3.28. The molecule has 3 aromatic rings. The van der Waals surface area contributed by atoms with Crippen LogP contribution in [0.3, 0.4) is 0 Å². The van der Waals surface area contributed by atoms with Crippen molar-refractivity contribution in [3.05, 3.63) is 71.3 Å². The van der Waals surface area contributed by atoms with Gasteiger partial charge in [0.1, 0.15) is 11.9 Å². The zero-order valence-corrected chi connectivity index (χ0v) is 13.5. The Labute approximate surface area is 144 Å². The van der Waals surface area contributed by atoms with Gasteiger partial charge in [-0.05, 0) is 24.6 Å². The van der Waals surface area contributed by atoms with Crippen molar-refractivity contribution in [1.82, 2.24) is 20.5 Å². The van der Waals surface area contributed by atoms with Crippen LogP contribution in [0.5, 0.6) is 11.5 Å². The van der Waals surface area contributed by atoms with Gasteiger partial charge in [0, 0.05) is 0 Å². The van der Waals surface area contributed by atoms with E-state index in [0.717, 1.165) is 5.56 Å². The van der Waals surface area contributed by atoms with Crippen LogP contribution in [-0.4, -0.2) is 27.9 Å². The highest BCUT2D eigenvalue weighted by Gasteiger charge is 2.26. The SMILES string of the molecule is Cc1nc([C@H](NC(=O)c2cccc3c2OCO3)c2ccccc2)n[nH]1. The lowest BCUT2D eigenvalue weighted by Gasteiger charge is -2.17. The van der Waals surface area contributed by atoms with Crippen molar-refractivity contribution in [2.75, 3.05) is 6.79 Å². The molecule has 7 heteroatoms. The third-order valence-corrected chi connectivity index (χ3v) is 3.92. The summed E-state index contributed by atoms with van der Waals surface area (Å²) in [6, 6.07) is 14.3. The number of H-pyrrole nitrogens is 1. The van der Waals surface area contributed by atoms with Gasteiger partial charge < -0.3 is 14.8 Å². The summed E-state index contributed by atoms with van der Waals surface area (Å²) < 4.78 is 10.8. The largest absolute Gasteiger partial charge is 0.454 e. The first-order valence-corrected chi connectivity index (χ1v) is 7.85. The van der Waals surface area contributed by atoms with Crippen molar-refractivity contribution in [1.29, 1.82) is 0 Å². The standard InChI is InChI=1S/C18H16N4O3/c1-11-19-17(22-21-11)15(12-6-3-2-4-7-12)20-18(23)13-8-5-9-14-16(13)25-10-24-14/h2-9,15H,10H2,1H3,(H,20,23)(H,19,21,22)/t15-/m1/s1. The molecule has 0 bridgehead atoms. The van der Waals surface area contributed by atoms with Gasteiger partial charge in [0.25, 0.3) is 5.91 Å². The quantitative estimate of drug-likeness (QED) is 0.763. The van der Waals surface area contributed by atoms with Gasteiger partial charge in [0.15, 0.2) is 17.3 Å². The smallest absolute Gasteiger partial charge is 0.256 e. The Morgan fingerprint density at radius 1 is 1.16 bits per heavy atom. The summed E-state index contributed by atoms with van der Waals surface area (Å²) in [6.07, 6.45) is 0. The molecule has 2 heterocycles. The van der Waals surface area contributed by atoms with Gasteiger partial charge in [-0.1, -0.05) is 36.4 Å². The predicted octanol–water partition coefficient (Wildman–Crippen LogP) is 2.36. The summed E-state index contributed by atoms with van der Waals surface area (Å²) in [5.41, 5.74) is 1.31. The Morgan fingerprint density at radius 2 is 2.00 bits per heavy atom. The summed E-state index contributed by atoms with van der Waals surface area (Å²) in [5, 5.41) is 10.0. The van der Waals surface area contributed by atoms with Crippen molar-refractivity contribution >= 4 is 5.91 Å². The summed E-state index contributed by atoms with van der Waals surface area (Å²) in [4.78, 5) is 17.2. The van der Waals surface area contributed by atoms with Crippen LogP contribution in [0.25, 0.3) is 0 Å². The van der Waals surface area contributed by atoms with E-state index in [0.29, 0.717) is 28.7 Å². The first kappa shape index (κ1) is 15.2. The number of carbonyl (C=O) groups excluding carboxylic acids is 1. The number of rotatable bonds is 4. The van der Waals surface area contributed by atoms with E-state index in [4.69, 9.17) is 9.47 Å². The lowest BCUT2D eigenvalue weighted by atomic mass is 10.1. The van der Waals surface area contributed by atoms with Crippen molar-refractivity contribution in [2.45, 2.75) is 13.0 Å². The van der Waals surface area contributed by atoms with Crippen LogP contribution in [0.2, 0.25) is 0 Å². The number of ether oxygens (including phenoxy) is 2. The molecular weight excluding hydrogens is 320 g/mol. The van der Waals surface area contributed by atoms with E-state index in [1.165, 1.54) is 0 Å². The van der Waals surface area contributed by atoms with E-state index in [-0.39, 0.29) is 12.7 Å². The van der Waals surface area contributed by atoms with E-state index in [1.807, 2.05) is 37.3 Å². The van der Waals surface area contributed by atoms with Crippen molar-refractivity contribution in [3.63, 3.8) is 0 Å². The Kier molecular flexibility index (Phi) is 3.81. The summed E-state index contributed by atoms with van der Waals surface area (Å²) in [5.74, 6) is 1.93. The highest BCUT2D eigenvalue weighted by atomic mass is 16.7. The molecule has 0 aliphatic carbocycles. The number of amides is 1. The summed E-state index contributed by atoms with van der Waals surface area (Å²) >= 11 is 0. The van der Waals surface area contributed by atoms with E-state index < -0.39 is 6.04 Å².